The lowest BCUT2D eigenvalue weighted by atomic mass is 10.1. The highest BCUT2D eigenvalue weighted by molar-refractivity contribution is 14.0. The zero-order valence-corrected chi connectivity index (χ0v) is 22.1. The predicted octanol–water partition coefficient (Wildman–Crippen LogP) is 1.02. The van der Waals surface area contributed by atoms with Crippen molar-refractivity contribution in [3.8, 4) is 0 Å². The second kappa shape index (κ2) is 15.3. The molecule has 3 heterocycles. The predicted molar refractivity (Wildman–Crippen MR) is 136 cm³/mol. The molecular formula is C22H42IN5O4. The Kier molecular flexibility index (Phi) is 13.1. The number of piperidine rings is 1. The van der Waals surface area contributed by atoms with E-state index in [4.69, 9.17) is 14.2 Å². The number of carbonyl (C=O) groups excluding carboxylic acids is 1. The summed E-state index contributed by atoms with van der Waals surface area (Å²) in [5, 5.41) is 3.50. The van der Waals surface area contributed by atoms with Crippen LogP contribution in [0.25, 0.3) is 0 Å². The third-order valence-electron chi connectivity index (χ3n) is 6.18. The monoisotopic (exact) mass is 567 g/mol. The van der Waals surface area contributed by atoms with Crippen molar-refractivity contribution in [2.24, 2.45) is 4.99 Å². The van der Waals surface area contributed by atoms with E-state index in [1.807, 2.05) is 0 Å². The fourth-order valence-corrected chi connectivity index (χ4v) is 4.13. The molecule has 1 atom stereocenters. The first-order valence-electron chi connectivity index (χ1n) is 11.9. The van der Waals surface area contributed by atoms with Crippen LogP contribution in [0.15, 0.2) is 4.99 Å². The number of nitrogens with zero attached hydrogens (tertiary/aromatic N) is 4. The molecule has 1 N–H and O–H groups in total. The number of guanidine groups is 1. The van der Waals surface area contributed by atoms with Crippen molar-refractivity contribution in [1.82, 2.24) is 20.0 Å². The summed E-state index contributed by atoms with van der Waals surface area (Å²) in [7, 11) is 3.54. The van der Waals surface area contributed by atoms with E-state index in [1.54, 1.807) is 19.0 Å². The highest BCUT2D eigenvalue weighted by Gasteiger charge is 2.24. The van der Waals surface area contributed by atoms with Crippen LogP contribution in [0.1, 0.15) is 32.1 Å². The van der Waals surface area contributed by atoms with Gasteiger partial charge in [-0.25, -0.2) is 4.99 Å². The van der Waals surface area contributed by atoms with Gasteiger partial charge in [0.15, 0.2) is 5.96 Å². The van der Waals surface area contributed by atoms with Crippen LogP contribution in [0.5, 0.6) is 0 Å². The van der Waals surface area contributed by atoms with Crippen molar-refractivity contribution in [2.45, 2.75) is 44.3 Å². The van der Waals surface area contributed by atoms with Gasteiger partial charge >= 0.3 is 0 Å². The van der Waals surface area contributed by atoms with Crippen LogP contribution in [0.2, 0.25) is 0 Å². The quantitative estimate of drug-likeness (QED) is 0.193. The summed E-state index contributed by atoms with van der Waals surface area (Å²) >= 11 is 0. The molecular weight excluding hydrogens is 525 g/mol. The Labute approximate surface area is 210 Å². The molecule has 186 valence electrons. The summed E-state index contributed by atoms with van der Waals surface area (Å²) in [4.78, 5) is 23.0. The van der Waals surface area contributed by atoms with Crippen molar-refractivity contribution in [1.29, 1.82) is 0 Å². The Balaban J connectivity index is 0.00000363. The number of halogens is 1. The van der Waals surface area contributed by atoms with Crippen LogP contribution in [0.4, 0.5) is 0 Å². The van der Waals surface area contributed by atoms with Crippen LogP contribution < -0.4 is 5.32 Å². The first-order valence-corrected chi connectivity index (χ1v) is 11.9. The van der Waals surface area contributed by atoms with Crippen molar-refractivity contribution in [3.05, 3.63) is 0 Å². The highest BCUT2D eigenvalue weighted by Crippen LogP contribution is 2.18. The Morgan fingerprint density at radius 3 is 2.53 bits per heavy atom. The number of rotatable bonds is 9. The maximum atomic E-state index is 12.1. The number of hydrogen-bond donors (Lipinski definition) is 1. The van der Waals surface area contributed by atoms with Crippen LogP contribution in [0, 0.1) is 0 Å². The summed E-state index contributed by atoms with van der Waals surface area (Å²) in [6, 6.07) is 0. The van der Waals surface area contributed by atoms with Gasteiger partial charge in [-0.3, -0.25) is 9.69 Å². The molecule has 3 saturated heterocycles. The van der Waals surface area contributed by atoms with Crippen molar-refractivity contribution < 1.29 is 19.0 Å². The number of likely N-dealkylation sites (N-methyl/N-ethyl adjacent to an activating group) is 1. The van der Waals surface area contributed by atoms with E-state index >= 15 is 0 Å². The molecule has 0 spiro atoms. The molecule has 0 aromatic carbocycles. The number of ether oxygens (including phenoxy) is 3. The van der Waals surface area contributed by atoms with Crippen molar-refractivity contribution in [2.75, 3.05) is 86.3 Å². The van der Waals surface area contributed by atoms with Gasteiger partial charge in [0.2, 0.25) is 5.91 Å². The third-order valence-corrected chi connectivity index (χ3v) is 6.18. The van der Waals surface area contributed by atoms with E-state index in [1.165, 1.54) is 0 Å². The number of carbonyl (C=O) groups is 1. The Morgan fingerprint density at radius 1 is 1.12 bits per heavy atom. The lowest BCUT2D eigenvalue weighted by molar-refractivity contribution is -0.127. The van der Waals surface area contributed by atoms with E-state index in [-0.39, 0.29) is 48.6 Å². The van der Waals surface area contributed by atoms with Gasteiger partial charge in [0.1, 0.15) is 6.54 Å². The molecule has 0 bridgehead atoms. The summed E-state index contributed by atoms with van der Waals surface area (Å²) in [5.41, 5.74) is 0. The lowest BCUT2D eigenvalue weighted by Crippen LogP contribution is -2.48. The molecule has 3 aliphatic rings. The SMILES string of the molecule is CN(C)C(=O)CN=C(NCCCN1CCOCC1)N1CCC(OCC2CCCO2)CC1.I. The number of morpholine rings is 1. The van der Waals surface area contributed by atoms with Gasteiger partial charge in [0.05, 0.1) is 32.0 Å². The van der Waals surface area contributed by atoms with Crippen LogP contribution in [-0.4, -0.2) is 125 Å². The van der Waals surface area contributed by atoms with Gasteiger partial charge < -0.3 is 29.3 Å². The third kappa shape index (κ3) is 9.66. The molecule has 0 aromatic heterocycles. The van der Waals surface area contributed by atoms with Gasteiger partial charge in [0.25, 0.3) is 0 Å². The average molecular weight is 568 g/mol. The van der Waals surface area contributed by atoms with E-state index in [0.717, 1.165) is 97.2 Å². The highest BCUT2D eigenvalue weighted by atomic mass is 127. The van der Waals surface area contributed by atoms with Crippen LogP contribution >= 0.6 is 24.0 Å². The van der Waals surface area contributed by atoms with E-state index in [9.17, 15) is 4.79 Å². The Bertz CT molecular complexity index is 561. The van der Waals surface area contributed by atoms with E-state index < -0.39 is 0 Å². The molecule has 0 saturated carbocycles. The molecule has 3 rings (SSSR count). The minimum absolute atomic E-state index is 0. The number of likely N-dealkylation sites (tertiary alicyclic amines) is 1. The maximum absolute atomic E-state index is 12.1. The van der Waals surface area contributed by atoms with Crippen molar-refractivity contribution in [3.63, 3.8) is 0 Å². The number of nitrogens with one attached hydrogen (secondary N) is 1. The minimum Gasteiger partial charge on any atom is -0.379 e. The molecule has 3 aliphatic heterocycles. The fraction of sp³-hybridized carbons (Fsp3) is 0.909. The fourth-order valence-electron chi connectivity index (χ4n) is 4.13. The Morgan fingerprint density at radius 2 is 1.88 bits per heavy atom. The van der Waals surface area contributed by atoms with Gasteiger partial charge in [-0.1, -0.05) is 0 Å². The summed E-state index contributed by atoms with van der Waals surface area (Å²) < 4.78 is 17.2. The summed E-state index contributed by atoms with van der Waals surface area (Å²) in [6.45, 7) is 9.12. The van der Waals surface area contributed by atoms with Gasteiger partial charge in [0, 0.05) is 53.4 Å². The average Bonchev–Trinajstić information content (AvgIpc) is 3.32. The van der Waals surface area contributed by atoms with Crippen LogP contribution in [-0.2, 0) is 19.0 Å². The largest absolute Gasteiger partial charge is 0.379 e. The Hall–Kier alpha value is -0.690. The number of hydrogen-bond acceptors (Lipinski definition) is 6. The van der Waals surface area contributed by atoms with E-state index in [0.29, 0.717) is 6.61 Å². The molecule has 0 radical (unpaired) electrons. The number of amides is 1. The molecule has 1 amide bonds. The standard InChI is InChI=1S/C22H41N5O4.HI/c1-25(2)21(28)17-24-22(23-8-4-9-26-12-15-29-16-13-26)27-10-6-19(7-11-27)31-18-20-5-3-14-30-20;/h19-20H,3-18H2,1-2H3,(H,23,24);1H. The molecule has 10 heteroatoms. The number of aliphatic imine (C=N–C) groups is 1. The van der Waals surface area contributed by atoms with E-state index in [2.05, 4.69) is 20.1 Å². The zero-order valence-electron chi connectivity index (χ0n) is 19.8. The lowest BCUT2D eigenvalue weighted by Gasteiger charge is -2.34. The summed E-state index contributed by atoms with van der Waals surface area (Å²) in [6.07, 6.45) is 5.82. The van der Waals surface area contributed by atoms with Gasteiger partial charge in [-0.05, 0) is 38.6 Å². The molecule has 0 aliphatic carbocycles. The maximum Gasteiger partial charge on any atom is 0.243 e. The van der Waals surface area contributed by atoms with Crippen LogP contribution in [0.3, 0.4) is 0 Å². The topological polar surface area (TPSA) is 78.9 Å². The normalized spacial score (nSPS) is 23.1. The molecule has 0 aromatic rings. The first-order chi connectivity index (χ1) is 15.1. The zero-order chi connectivity index (χ0) is 21.9. The minimum atomic E-state index is 0. The second-order valence-corrected chi connectivity index (χ2v) is 8.82. The summed E-state index contributed by atoms with van der Waals surface area (Å²) in [5.74, 6) is 0.858. The molecule has 1 unspecified atom stereocenters. The molecule has 9 nitrogen and oxygen atoms in total. The van der Waals surface area contributed by atoms with Crippen molar-refractivity contribution >= 4 is 35.8 Å². The molecule has 3 fully saturated rings. The van der Waals surface area contributed by atoms with Gasteiger partial charge in [-0.15, -0.1) is 24.0 Å². The van der Waals surface area contributed by atoms with Gasteiger partial charge in [-0.2, -0.15) is 0 Å². The first kappa shape index (κ1) is 27.6. The second-order valence-electron chi connectivity index (χ2n) is 8.82. The smallest absolute Gasteiger partial charge is 0.243 e. The molecule has 32 heavy (non-hydrogen) atoms.